The summed E-state index contributed by atoms with van der Waals surface area (Å²) in [6.07, 6.45) is 1.52. The van der Waals surface area contributed by atoms with Crippen molar-refractivity contribution >= 4 is 49.3 Å². The van der Waals surface area contributed by atoms with Gasteiger partial charge in [0.2, 0.25) is 5.91 Å². The summed E-state index contributed by atoms with van der Waals surface area (Å²) in [6, 6.07) is 16.2. The van der Waals surface area contributed by atoms with E-state index < -0.39 is 45.7 Å². The predicted octanol–water partition coefficient (Wildman–Crippen LogP) is 2.59. The number of fused-ring (bicyclic) bond motifs is 1. The number of carbonyl (C=O) groups excluding carboxylic acids is 4. The van der Waals surface area contributed by atoms with Gasteiger partial charge in [-0.2, -0.15) is 0 Å². The van der Waals surface area contributed by atoms with Gasteiger partial charge in [0.25, 0.3) is 11.8 Å². The van der Waals surface area contributed by atoms with E-state index in [1.54, 1.807) is 36.4 Å². The second-order valence-corrected chi connectivity index (χ2v) is 13.4. The Morgan fingerprint density at radius 3 is 2.38 bits per heavy atom. The number of ketones is 1. The Labute approximate surface area is 251 Å². The highest BCUT2D eigenvalue weighted by molar-refractivity contribution is 9.10. The quantitative estimate of drug-likeness (QED) is 0.399. The lowest BCUT2D eigenvalue weighted by Gasteiger charge is -2.28. The van der Waals surface area contributed by atoms with Crippen LogP contribution in [0.5, 0.6) is 5.75 Å². The topological polar surface area (TPSA) is 141 Å². The first-order valence-electron chi connectivity index (χ1n) is 13.2. The molecule has 0 radical (unpaired) electrons. The Morgan fingerprint density at radius 1 is 1.00 bits per heavy atom. The molecule has 3 amide bonds. The first kappa shape index (κ1) is 29.5. The Morgan fingerprint density at radius 2 is 1.69 bits per heavy atom. The predicted molar refractivity (Wildman–Crippen MR) is 157 cm³/mol. The average molecular weight is 655 g/mol. The van der Waals surface area contributed by atoms with Gasteiger partial charge < -0.3 is 20.2 Å². The summed E-state index contributed by atoms with van der Waals surface area (Å²) >= 11 is 3.35. The van der Waals surface area contributed by atoms with Crippen molar-refractivity contribution in [2.75, 3.05) is 19.3 Å². The molecule has 3 atom stereocenters. The third kappa shape index (κ3) is 6.09. The first-order chi connectivity index (χ1) is 19.9. The molecule has 0 bridgehead atoms. The maximum absolute atomic E-state index is 14.0. The molecule has 0 aromatic heterocycles. The van der Waals surface area contributed by atoms with Crippen molar-refractivity contribution < 1.29 is 32.7 Å². The van der Waals surface area contributed by atoms with Crippen LogP contribution in [0.15, 0.2) is 82.2 Å². The van der Waals surface area contributed by atoms with Crippen molar-refractivity contribution in [3.05, 3.63) is 94.0 Å². The summed E-state index contributed by atoms with van der Waals surface area (Å²) in [6.45, 7) is -0.0139. The molecule has 10 nitrogen and oxygen atoms in total. The Balaban J connectivity index is 1.39. The average Bonchev–Trinajstić information content (AvgIpc) is 3.54. The zero-order chi connectivity index (χ0) is 30.2. The van der Waals surface area contributed by atoms with E-state index in [-0.39, 0.29) is 41.5 Å². The highest BCUT2D eigenvalue weighted by Crippen LogP contribution is 2.32. The van der Waals surface area contributed by atoms with E-state index in [2.05, 4.69) is 21.2 Å². The summed E-state index contributed by atoms with van der Waals surface area (Å²) < 4.78 is 24.7. The number of aromatic hydroxyl groups is 1. The van der Waals surface area contributed by atoms with Gasteiger partial charge in [-0.25, -0.2) is 8.42 Å². The Hall–Kier alpha value is -4.03. The monoisotopic (exact) mass is 653 g/mol. The fourth-order valence-corrected chi connectivity index (χ4v) is 6.57. The number of nitrogens with zero attached hydrogens (tertiary/aromatic N) is 2. The molecule has 2 N–H and O–H groups in total. The molecule has 218 valence electrons. The zero-order valence-electron chi connectivity index (χ0n) is 22.6. The molecule has 3 aromatic carbocycles. The van der Waals surface area contributed by atoms with Crippen molar-refractivity contribution in [2.45, 2.75) is 35.9 Å². The second kappa shape index (κ2) is 11.7. The van der Waals surface area contributed by atoms with E-state index >= 15 is 0 Å². The molecular weight excluding hydrogens is 626 g/mol. The minimum absolute atomic E-state index is 0.00286. The van der Waals surface area contributed by atoms with Crippen molar-refractivity contribution in [1.82, 2.24) is 15.1 Å². The minimum Gasteiger partial charge on any atom is -0.508 e. The maximum Gasteiger partial charge on any atom is 0.254 e. The number of sulfone groups is 1. The number of rotatable bonds is 7. The van der Waals surface area contributed by atoms with Gasteiger partial charge in [-0.05, 0) is 60.5 Å². The van der Waals surface area contributed by atoms with Gasteiger partial charge in [-0.1, -0.05) is 40.2 Å². The van der Waals surface area contributed by atoms with Crippen LogP contribution in [0.1, 0.15) is 32.7 Å². The number of amides is 3. The van der Waals surface area contributed by atoms with E-state index in [9.17, 15) is 32.7 Å². The first-order valence-corrected chi connectivity index (χ1v) is 15.9. The molecule has 0 saturated carbocycles. The van der Waals surface area contributed by atoms with Gasteiger partial charge >= 0.3 is 0 Å². The van der Waals surface area contributed by atoms with Gasteiger partial charge in [0.05, 0.1) is 17.5 Å². The lowest BCUT2D eigenvalue weighted by Crippen LogP contribution is -2.53. The molecule has 2 aliphatic heterocycles. The molecule has 0 aliphatic carbocycles. The number of hydrogen-bond donors (Lipinski definition) is 2. The molecular formula is C30H28BrN3O7S. The third-order valence-electron chi connectivity index (χ3n) is 7.54. The van der Waals surface area contributed by atoms with Crippen molar-refractivity contribution in [3.63, 3.8) is 0 Å². The van der Waals surface area contributed by atoms with Crippen molar-refractivity contribution in [1.29, 1.82) is 0 Å². The summed E-state index contributed by atoms with van der Waals surface area (Å²) in [7, 11) is -3.54. The van der Waals surface area contributed by atoms with E-state index in [4.69, 9.17) is 0 Å². The third-order valence-corrected chi connectivity index (χ3v) is 9.15. The van der Waals surface area contributed by atoms with Crippen LogP contribution in [-0.2, 0) is 25.8 Å². The molecule has 2 fully saturated rings. The number of carbonyl (C=O) groups is 4. The largest absolute Gasteiger partial charge is 0.508 e. The molecule has 5 rings (SSSR count). The number of hydrogen-bond acceptors (Lipinski definition) is 7. The number of benzene rings is 3. The lowest BCUT2D eigenvalue weighted by atomic mass is 10.0. The van der Waals surface area contributed by atoms with Crippen molar-refractivity contribution in [2.24, 2.45) is 0 Å². The van der Waals surface area contributed by atoms with Gasteiger partial charge in [-0.3, -0.25) is 19.2 Å². The molecule has 2 aliphatic rings. The smallest absolute Gasteiger partial charge is 0.254 e. The molecule has 12 heteroatoms. The standard InChI is InChI=1S/C30H28BrN3O7S/c1-42(40,41)23-7-3-5-20(16-23)29(38)34-17-26(36)27-25(34)12-13-33(27)30(39)24(14-18-8-10-22(35)11-9-18)32-28(37)19-4-2-6-21(31)15-19/h2-11,15-16,24-25,27,35H,12-14,17H2,1H3,(H,32,37)/t24-,25+,27-/m0/s1. The fourth-order valence-electron chi connectivity index (χ4n) is 5.50. The van der Waals surface area contributed by atoms with Gasteiger partial charge in [-0.15, -0.1) is 0 Å². The van der Waals surface area contributed by atoms with E-state index in [0.29, 0.717) is 22.0 Å². The number of halogens is 1. The Kier molecular flexibility index (Phi) is 8.20. The van der Waals surface area contributed by atoms with Gasteiger partial charge in [0.1, 0.15) is 17.8 Å². The minimum atomic E-state index is -3.54. The van der Waals surface area contributed by atoms with E-state index in [1.807, 2.05) is 0 Å². The van der Waals surface area contributed by atoms with Crippen LogP contribution in [0, 0.1) is 0 Å². The van der Waals surface area contributed by atoms with Gasteiger partial charge in [0, 0.05) is 34.8 Å². The SMILES string of the molecule is CS(=O)(=O)c1cccc(C(=O)N2CC(=O)[C@@H]3[C@H]2CCN3C(=O)[C@H](Cc2ccc(O)cc2)NC(=O)c2cccc(Br)c2)c1. The molecule has 2 heterocycles. The van der Waals surface area contributed by atoms with Crippen molar-refractivity contribution in [3.8, 4) is 5.75 Å². The number of phenols is 1. The molecule has 42 heavy (non-hydrogen) atoms. The summed E-state index contributed by atoms with van der Waals surface area (Å²) in [5.41, 5.74) is 1.18. The summed E-state index contributed by atoms with van der Waals surface area (Å²) in [4.78, 5) is 56.6. The molecule has 0 unspecified atom stereocenters. The van der Waals surface area contributed by atoms with Crippen LogP contribution >= 0.6 is 15.9 Å². The Bertz CT molecular complexity index is 1680. The van der Waals surface area contributed by atoms with Crippen LogP contribution in [0.3, 0.4) is 0 Å². The second-order valence-electron chi connectivity index (χ2n) is 10.4. The zero-order valence-corrected chi connectivity index (χ0v) is 25.0. The normalized spacial score (nSPS) is 19.0. The van der Waals surface area contributed by atoms with Gasteiger partial charge in [0.15, 0.2) is 15.6 Å². The molecule has 0 spiro atoms. The maximum atomic E-state index is 14.0. The van der Waals surface area contributed by atoms with E-state index in [1.165, 1.54) is 46.2 Å². The molecule has 3 aromatic rings. The molecule has 2 saturated heterocycles. The summed E-state index contributed by atoms with van der Waals surface area (Å²) in [5, 5.41) is 12.5. The van der Waals surface area contributed by atoms with Crippen LogP contribution < -0.4 is 5.32 Å². The lowest BCUT2D eigenvalue weighted by molar-refractivity contribution is -0.138. The van der Waals surface area contributed by atoms with Crippen LogP contribution in [0.25, 0.3) is 0 Å². The van der Waals surface area contributed by atoms with Crippen LogP contribution in [0.2, 0.25) is 0 Å². The number of Topliss-reactive ketones (excluding diaryl/α,β-unsaturated/α-hetero) is 1. The number of phenolic OH excluding ortho intramolecular Hbond substituents is 1. The van der Waals surface area contributed by atoms with Crippen LogP contribution in [0.4, 0.5) is 0 Å². The van der Waals surface area contributed by atoms with Crippen LogP contribution in [-0.4, -0.2) is 84.3 Å². The highest BCUT2D eigenvalue weighted by atomic mass is 79.9. The highest BCUT2D eigenvalue weighted by Gasteiger charge is 2.52. The number of likely N-dealkylation sites (tertiary alicyclic amines) is 2. The van der Waals surface area contributed by atoms with E-state index in [0.717, 1.165) is 6.26 Å². The fraction of sp³-hybridized carbons (Fsp3) is 0.267. The number of nitrogens with one attached hydrogen (secondary N) is 1. The summed E-state index contributed by atoms with van der Waals surface area (Å²) in [5.74, 6) is -1.66.